The molecule has 2 aliphatic carbocycles. The van der Waals surface area contributed by atoms with Gasteiger partial charge in [-0.05, 0) is 6.42 Å². The van der Waals surface area contributed by atoms with Crippen LogP contribution >= 0.6 is 0 Å². The van der Waals surface area contributed by atoms with E-state index in [0.29, 0.717) is 5.41 Å². The summed E-state index contributed by atoms with van der Waals surface area (Å²) in [4.78, 5) is 0. The molecule has 0 bridgehead atoms. The second-order valence-electron chi connectivity index (χ2n) is 7.86. The number of hydrogen-bond donors (Lipinski definition) is 0. The summed E-state index contributed by atoms with van der Waals surface area (Å²) in [5, 5.41) is 0. The summed E-state index contributed by atoms with van der Waals surface area (Å²) < 4.78 is 1.51. The first kappa shape index (κ1) is 21.0. The molecule has 0 unspecified atom stereocenters. The molecule has 1 heteroatoms. The molecule has 2 aliphatic rings. The molecule has 2 aromatic rings. The van der Waals surface area contributed by atoms with Crippen LogP contribution in [0.5, 0.6) is 0 Å². The Kier molecular flexibility index (Phi) is 7.72. The Bertz CT molecular complexity index is 769. The number of benzene rings is 2. The third-order valence-corrected chi connectivity index (χ3v) is 4.18. The van der Waals surface area contributed by atoms with Crippen LogP contribution < -0.4 is 0 Å². The van der Waals surface area contributed by atoms with Crippen LogP contribution in [0.4, 0.5) is 0 Å². The van der Waals surface area contributed by atoms with E-state index < -0.39 is 0 Å². The maximum absolute atomic E-state index is 3.30. The van der Waals surface area contributed by atoms with Crippen LogP contribution in [0.15, 0.2) is 60.2 Å². The van der Waals surface area contributed by atoms with Crippen LogP contribution in [0.3, 0.4) is 0 Å². The standard InChI is InChI=1S/C13H9.C9H13.C3H6.Zr/c1-3-7-12-10(5-1)9-11-6-2-4-8-13(11)12;1-9(2,3)8-6-4-5-7-8;1-3-2;/h1-5,7-8H,9H2;6-7H,4H2,1-3H3;1-2H3;/q2*-1;;+2. The van der Waals surface area contributed by atoms with Gasteiger partial charge < -0.3 is 0 Å². The van der Waals surface area contributed by atoms with E-state index in [1.54, 1.807) is 24.2 Å². The quantitative estimate of drug-likeness (QED) is 0.364. The number of hydrogen-bond acceptors (Lipinski definition) is 0. The Labute approximate surface area is 174 Å². The van der Waals surface area contributed by atoms with Gasteiger partial charge in [0.15, 0.2) is 0 Å². The van der Waals surface area contributed by atoms with Crippen molar-refractivity contribution in [2.24, 2.45) is 5.41 Å². The molecule has 2 aromatic carbocycles. The Morgan fingerprint density at radius 2 is 1.65 bits per heavy atom. The minimum Gasteiger partial charge on any atom is -0.179 e. The molecule has 0 amide bonds. The van der Waals surface area contributed by atoms with Gasteiger partial charge in [-0.2, -0.15) is 41.5 Å². The number of rotatable bonds is 0. The monoisotopic (exact) mass is 418 g/mol. The zero-order valence-electron chi connectivity index (χ0n) is 16.6. The summed E-state index contributed by atoms with van der Waals surface area (Å²) in [5.74, 6) is 0. The van der Waals surface area contributed by atoms with Crippen molar-refractivity contribution < 1.29 is 24.2 Å². The van der Waals surface area contributed by atoms with Crippen LogP contribution in [-0.4, -0.2) is 3.21 Å². The molecular formula is C25H28Zr. The minimum atomic E-state index is 0.323. The average Bonchev–Trinajstić information content (AvgIpc) is 3.22. The van der Waals surface area contributed by atoms with Crippen molar-refractivity contribution in [2.75, 3.05) is 0 Å². The van der Waals surface area contributed by atoms with Crippen LogP contribution in [0.25, 0.3) is 11.1 Å². The second-order valence-corrected chi connectivity index (χ2v) is 10.3. The SMILES string of the molecule is CC(C)(C)C1=CC[C-]=C1.C[C](C)=[Zr+2].[c-]1cccc2c1Cc1ccccc1-2. The van der Waals surface area contributed by atoms with E-state index in [0.717, 1.165) is 12.8 Å². The van der Waals surface area contributed by atoms with Crippen molar-refractivity contribution in [3.05, 3.63) is 83.5 Å². The van der Waals surface area contributed by atoms with Gasteiger partial charge in [-0.1, -0.05) is 61.6 Å². The van der Waals surface area contributed by atoms with E-state index in [2.05, 4.69) is 95.3 Å². The summed E-state index contributed by atoms with van der Waals surface area (Å²) in [7, 11) is 0. The van der Waals surface area contributed by atoms with E-state index in [-0.39, 0.29) is 0 Å². The molecule has 0 N–H and O–H groups in total. The van der Waals surface area contributed by atoms with E-state index in [1.807, 2.05) is 6.07 Å². The third kappa shape index (κ3) is 6.13. The van der Waals surface area contributed by atoms with Gasteiger partial charge in [0.1, 0.15) is 0 Å². The first-order chi connectivity index (χ1) is 12.3. The summed E-state index contributed by atoms with van der Waals surface area (Å²) in [6.07, 6.45) is 9.55. The maximum atomic E-state index is 3.30. The molecule has 0 saturated carbocycles. The first-order valence-corrected chi connectivity index (χ1v) is 10.4. The molecule has 26 heavy (non-hydrogen) atoms. The Hall–Kier alpha value is -1.33. The predicted octanol–water partition coefficient (Wildman–Crippen LogP) is 6.53. The van der Waals surface area contributed by atoms with E-state index in [9.17, 15) is 0 Å². The predicted molar refractivity (Wildman–Crippen MR) is 110 cm³/mol. The van der Waals surface area contributed by atoms with Crippen molar-refractivity contribution in [3.8, 4) is 11.1 Å². The van der Waals surface area contributed by atoms with Crippen molar-refractivity contribution in [3.63, 3.8) is 0 Å². The molecule has 0 spiro atoms. The smallest absolute Gasteiger partial charge is 0.0253 e. The normalized spacial score (nSPS) is 13.6. The van der Waals surface area contributed by atoms with Gasteiger partial charge in [-0.3, -0.25) is 6.08 Å². The van der Waals surface area contributed by atoms with E-state index >= 15 is 0 Å². The van der Waals surface area contributed by atoms with Crippen molar-refractivity contribution in [1.29, 1.82) is 0 Å². The molecular weight excluding hydrogens is 391 g/mol. The summed E-state index contributed by atoms with van der Waals surface area (Å²) in [6, 6.07) is 18.1. The molecule has 0 nitrogen and oxygen atoms in total. The van der Waals surface area contributed by atoms with Gasteiger partial charge in [-0.25, -0.2) is 6.08 Å². The summed E-state index contributed by atoms with van der Waals surface area (Å²) in [6.45, 7) is 10.9. The van der Waals surface area contributed by atoms with Gasteiger partial charge in [-0.15, -0.1) is 12.0 Å². The second kappa shape index (κ2) is 9.56. The van der Waals surface area contributed by atoms with E-state index in [4.69, 9.17) is 0 Å². The Morgan fingerprint density at radius 3 is 2.23 bits per heavy atom. The fourth-order valence-corrected chi connectivity index (χ4v) is 2.92. The van der Waals surface area contributed by atoms with Crippen LogP contribution in [0.1, 0.15) is 52.2 Å². The molecule has 0 heterocycles. The fraction of sp³-hybridized carbons (Fsp3) is 0.320. The van der Waals surface area contributed by atoms with Crippen molar-refractivity contribution >= 4 is 3.21 Å². The topological polar surface area (TPSA) is 0 Å². The van der Waals surface area contributed by atoms with Gasteiger partial charge in [0.2, 0.25) is 0 Å². The van der Waals surface area contributed by atoms with Crippen LogP contribution in [-0.2, 0) is 30.7 Å². The minimum absolute atomic E-state index is 0.323. The van der Waals surface area contributed by atoms with Crippen LogP contribution in [0.2, 0.25) is 0 Å². The zero-order chi connectivity index (χ0) is 19.2. The largest absolute Gasteiger partial charge is 0.179 e. The molecule has 0 aromatic heterocycles. The summed E-state index contributed by atoms with van der Waals surface area (Å²) >= 11 is 1.55. The van der Waals surface area contributed by atoms with Gasteiger partial charge in [0, 0.05) is 0 Å². The molecule has 0 saturated heterocycles. The van der Waals surface area contributed by atoms with Crippen molar-refractivity contribution in [1.82, 2.24) is 0 Å². The number of allylic oxidation sites excluding steroid dienone is 4. The number of fused-ring (bicyclic) bond motifs is 3. The molecule has 0 fully saturated rings. The average molecular weight is 420 g/mol. The molecule has 4 rings (SSSR count). The Morgan fingerprint density at radius 1 is 1.00 bits per heavy atom. The summed E-state index contributed by atoms with van der Waals surface area (Å²) in [5.41, 5.74) is 7.25. The molecule has 0 aliphatic heterocycles. The van der Waals surface area contributed by atoms with Crippen LogP contribution in [0, 0.1) is 17.6 Å². The molecule has 0 radical (unpaired) electrons. The van der Waals surface area contributed by atoms with Crippen molar-refractivity contribution in [2.45, 2.75) is 47.5 Å². The Balaban J connectivity index is 0.000000164. The molecule has 132 valence electrons. The zero-order valence-corrected chi connectivity index (χ0v) is 19.1. The first-order valence-electron chi connectivity index (χ1n) is 9.16. The molecule has 0 atom stereocenters. The third-order valence-electron chi connectivity index (χ3n) is 4.18. The van der Waals surface area contributed by atoms with Gasteiger partial charge >= 0.3 is 41.3 Å². The maximum Gasteiger partial charge on any atom is -0.0253 e. The van der Waals surface area contributed by atoms with E-state index in [1.165, 1.54) is 31.0 Å². The van der Waals surface area contributed by atoms with Gasteiger partial charge in [0.25, 0.3) is 0 Å². The fourth-order valence-electron chi connectivity index (χ4n) is 2.92. The van der Waals surface area contributed by atoms with Gasteiger partial charge in [0.05, 0.1) is 0 Å².